The summed E-state index contributed by atoms with van der Waals surface area (Å²) in [6.07, 6.45) is 0. The molecule has 0 atom stereocenters. The molecule has 0 saturated heterocycles. The lowest BCUT2D eigenvalue weighted by Crippen LogP contribution is -2.25. The molecule has 0 aromatic heterocycles. The number of rotatable bonds is 6. The Balaban J connectivity index is 1.18. The molecule has 0 spiro atoms. The molecule has 34 heavy (non-hydrogen) atoms. The molecule has 2 N–H and O–H groups in total. The maximum absolute atomic E-state index is 12.6. The second-order valence-corrected chi connectivity index (χ2v) is 7.83. The van der Waals surface area contributed by atoms with E-state index in [-0.39, 0.29) is 11.8 Å². The summed E-state index contributed by atoms with van der Waals surface area (Å²) in [5, 5.41) is 5.78. The Morgan fingerprint density at radius 3 is 1.44 bits per heavy atom. The Labute approximate surface area is 196 Å². The van der Waals surface area contributed by atoms with Crippen LogP contribution in [0, 0.1) is 0 Å². The zero-order valence-electron chi connectivity index (χ0n) is 18.5. The molecule has 0 unspecified atom stereocenters. The molecule has 0 bridgehead atoms. The molecule has 0 aliphatic carbocycles. The molecular formula is C26H24N2O6. The summed E-state index contributed by atoms with van der Waals surface area (Å²) in [5.41, 5.74) is 2.61. The van der Waals surface area contributed by atoms with Crippen molar-refractivity contribution < 1.29 is 28.5 Å². The number of carbonyl (C=O) groups excluding carboxylic acids is 2. The number of ether oxygens (including phenoxy) is 4. The summed E-state index contributed by atoms with van der Waals surface area (Å²) in [5.74, 6) is 2.21. The van der Waals surface area contributed by atoms with E-state index in [0.717, 1.165) is 11.1 Å². The minimum absolute atomic E-state index is 0.241. The van der Waals surface area contributed by atoms with Gasteiger partial charge in [-0.2, -0.15) is 0 Å². The quantitative estimate of drug-likeness (QED) is 0.587. The maximum Gasteiger partial charge on any atom is 0.251 e. The van der Waals surface area contributed by atoms with Gasteiger partial charge < -0.3 is 29.6 Å². The van der Waals surface area contributed by atoms with Gasteiger partial charge >= 0.3 is 0 Å². The van der Waals surface area contributed by atoms with Crippen molar-refractivity contribution in [2.75, 3.05) is 26.4 Å². The zero-order chi connectivity index (χ0) is 23.3. The molecule has 0 fully saturated rings. The molecule has 8 nitrogen and oxygen atoms in total. The molecule has 3 aromatic rings. The lowest BCUT2D eigenvalue weighted by molar-refractivity contribution is 0.0938. The highest BCUT2D eigenvalue weighted by Crippen LogP contribution is 2.34. The van der Waals surface area contributed by atoms with E-state index in [1.807, 2.05) is 36.4 Å². The monoisotopic (exact) mass is 460 g/mol. The van der Waals surface area contributed by atoms with E-state index < -0.39 is 0 Å². The van der Waals surface area contributed by atoms with Gasteiger partial charge in [0.05, 0.1) is 0 Å². The zero-order valence-corrected chi connectivity index (χ0v) is 18.5. The van der Waals surface area contributed by atoms with Gasteiger partial charge in [-0.1, -0.05) is 24.3 Å². The minimum atomic E-state index is -0.241. The largest absolute Gasteiger partial charge is 0.486 e. The Hall–Kier alpha value is -4.20. The molecule has 0 radical (unpaired) electrons. The highest BCUT2D eigenvalue weighted by atomic mass is 16.6. The molecule has 2 aliphatic rings. The van der Waals surface area contributed by atoms with Crippen molar-refractivity contribution in [3.63, 3.8) is 0 Å². The number of para-hydroxylation sites is 2. The number of benzene rings is 3. The molecule has 5 rings (SSSR count). The van der Waals surface area contributed by atoms with E-state index in [1.54, 1.807) is 24.3 Å². The van der Waals surface area contributed by atoms with Gasteiger partial charge in [-0.25, -0.2) is 0 Å². The van der Waals surface area contributed by atoms with Gasteiger partial charge in [0.15, 0.2) is 23.0 Å². The minimum Gasteiger partial charge on any atom is -0.486 e. The van der Waals surface area contributed by atoms with Crippen LogP contribution < -0.4 is 29.6 Å². The molecule has 2 heterocycles. The van der Waals surface area contributed by atoms with Crippen LogP contribution in [0.3, 0.4) is 0 Å². The van der Waals surface area contributed by atoms with Crippen LogP contribution >= 0.6 is 0 Å². The van der Waals surface area contributed by atoms with Crippen LogP contribution in [0.2, 0.25) is 0 Å². The summed E-state index contributed by atoms with van der Waals surface area (Å²) in [6.45, 7) is 2.60. The van der Waals surface area contributed by atoms with E-state index in [0.29, 0.717) is 73.6 Å². The van der Waals surface area contributed by atoms with Crippen LogP contribution in [0.5, 0.6) is 23.0 Å². The number of amides is 2. The average molecular weight is 460 g/mol. The van der Waals surface area contributed by atoms with Crippen molar-refractivity contribution in [2.45, 2.75) is 13.1 Å². The van der Waals surface area contributed by atoms with E-state index in [2.05, 4.69) is 10.6 Å². The van der Waals surface area contributed by atoms with Crippen molar-refractivity contribution in [1.82, 2.24) is 10.6 Å². The van der Waals surface area contributed by atoms with E-state index >= 15 is 0 Å². The number of hydrogen-bond donors (Lipinski definition) is 2. The first-order valence-electron chi connectivity index (χ1n) is 11.1. The van der Waals surface area contributed by atoms with Gasteiger partial charge in [0.1, 0.15) is 26.4 Å². The highest BCUT2D eigenvalue weighted by molar-refractivity contribution is 5.97. The molecule has 174 valence electrons. The predicted molar refractivity (Wildman–Crippen MR) is 124 cm³/mol. The van der Waals surface area contributed by atoms with Gasteiger partial charge in [-0.05, 0) is 36.4 Å². The fourth-order valence-corrected chi connectivity index (χ4v) is 3.87. The van der Waals surface area contributed by atoms with Crippen molar-refractivity contribution in [1.29, 1.82) is 0 Å². The molecule has 8 heteroatoms. The van der Waals surface area contributed by atoms with Crippen molar-refractivity contribution in [3.05, 3.63) is 82.9 Å². The van der Waals surface area contributed by atoms with Crippen LogP contribution in [0.15, 0.2) is 60.7 Å². The second-order valence-electron chi connectivity index (χ2n) is 7.83. The maximum atomic E-state index is 12.6. The molecule has 0 saturated carbocycles. The van der Waals surface area contributed by atoms with Crippen molar-refractivity contribution in [2.24, 2.45) is 0 Å². The van der Waals surface area contributed by atoms with Gasteiger partial charge in [-0.15, -0.1) is 0 Å². The molecule has 2 aliphatic heterocycles. The van der Waals surface area contributed by atoms with Crippen LogP contribution in [0.4, 0.5) is 0 Å². The van der Waals surface area contributed by atoms with Gasteiger partial charge in [0.25, 0.3) is 11.8 Å². The Bertz CT molecular complexity index is 1110. The number of hydrogen-bond acceptors (Lipinski definition) is 6. The van der Waals surface area contributed by atoms with Crippen LogP contribution in [-0.2, 0) is 13.1 Å². The lowest BCUT2D eigenvalue weighted by atomic mass is 10.1. The topological polar surface area (TPSA) is 95.1 Å². The lowest BCUT2D eigenvalue weighted by Gasteiger charge is -2.21. The Kier molecular flexibility index (Phi) is 6.20. The van der Waals surface area contributed by atoms with Crippen LogP contribution in [0.25, 0.3) is 0 Å². The summed E-state index contributed by atoms with van der Waals surface area (Å²) < 4.78 is 22.5. The SMILES string of the molecule is O=C(NCc1cccc2c1OCCO2)c1ccc(C(=O)NCc2cccc3c2OCCO3)cc1. The first kappa shape index (κ1) is 21.6. The Morgan fingerprint density at radius 1 is 0.588 bits per heavy atom. The Morgan fingerprint density at radius 2 is 1.00 bits per heavy atom. The third-order valence-corrected chi connectivity index (χ3v) is 5.58. The standard InChI is InChI=1S/C26H24N2O6/c29-25(27-15-19-3-1-5-21-23(19)33-13-11-31-21)17-7-9-18(10-8-17)26(30)28-16-20-4-2-6-22-24(20)34-14-12-32-22/h1-10H,11-16H2,(H,27,29)(H,28,30). The normalized spacial score (nSPS) is 13.6. The molecule has 2 amide bonds. The first-order chi connectivity index (χ1) is 16.7. The third-order valence-electron chi connectivity index (χ3n) is 5.58. The highest BCUT2D eigenvalue weighted by Gasteiger charge is 2.18. The fourth-order valence-electron chi connectivity index (χ4n) is 3.87. The van der Waals surface area contributed by atoms with E-state index in [4.69, 9.17) is 18.9 Å². The van der Waals surface area contributed by atoms with Crippen molar-refractivity contribution in [3.8, 4) is 23.0 Å². The molecular weight excluding hydrogens is 436 g/mol. The van der Waals surface area contributed by atoms with Crippen LogP contribution in [-0.4, -0.2) is 38.2 Å². The van der Waals surface area contributed by atoms with Crippen molar-refractivity contribution >= 4 is 11.8 Å². The smallest absolute Gasteiger partial charge is 0.251 e. The number of carbonyl (C=O) groups is 2. The first-order valence-corrected chi connectivity index (χ1v) is 11.1. The fraction of sp³-hybridized carbons (Fsp3) is 0.231. The van der Waals surface area contributed by atoms with Crippen LogP contribution in [0.1, 0.15) is 31.8 Å². The van der Waals surface area contributed by atoms with Gasteiger partial charge in [-0.3, -0.25) is 9.59 Å². The van der Waals surface area contributed by atoms with Gasteiger partial charge in [0.2, 0.25) is 0 Å². The number of nitrogens with one attached hydrogen (secondary N) is 2. The van der Waals surface area contributed by atoms with E-state index in [9.17, 15) is 9.59 Å². The predicted octanol–water partition coefficient (Wildman–Crippen LogP) is 3.09. The van der Waals surface area contributed by atoms with Gasteiger partial charge in [0, 0.05) is 35.3 Å². The third kappa shape index (κ3) is 4.61. The summed E-state index contributed by atoms with van der Waals surface area (Å²) >= 11 is 0. The summed E-state index contributed by atoms with van der Waals surface area (Å²) in [4.78, 5) is 25.2. The molecule has 3 aromatic carbocycles. The summed E-state index contributed by atoms with van der Waals surface area (Å²) in [7, 11) is 0. The summed E-state index contributed by atoms with van der Waals surface area (Å²) in [6, 6.07) is 17.7. The second kappa shape index (κ2) is 9.74. The average Bonchev–Trinajstić information content (AvgIpc) is 2.90. The van der Waals surface area contributed by atoms with E-state index in [1.165, 1.54) is 0 Å². The number of fused-ring (bicyclic) bond motifs is 2.